The van der Waals surface area contributed by atoms with Crippen LogP contribution in [0.25, 0.3) is 0 Å². The zero-order valence-electron chi connectivity index (χ0n) is 8.49. The number of pyridine rings is 1. The van der Waals surface area contributed by atoms with Gasteiger partial charge in [0.15, 0.2) is 0 Å². The molecule has 2 heterocycles. The first-order valence-corrected chi connectivity index (χ1v) is 6.27. The van der Waals surface area contributed by atoms with Crippen LogP contribution in [0.3, 0.4) is 0 Å². The van der Waals surface area contributed by atoms with Gasteiger partial charge in [-0.25, -0.2) is 0 Å². The zero-order valence-corrected chi connectivity index (χ0v) is 9.31. The van der Waals surface area contributed by atoms with Gasteiger partial charge >= 0.3 is 0 Å². The fourth-order valence-corrected chi connectivity index (χ4v) is 2.74. The minimum atomic E-state index is 0.653. The topological polar surface area (TPSA) is 24.9 Å². The highest BCUT2D eigenvalue weighted by molar-refractivity contribution is 7.99. The zero-order chi connectivity index (χ0) is 9.80. The molecule has 76 valence electrons. The molecule has 1 saturated heterocycles. The van der Waals surface area contributed by atoms with Crippen molar-refractivity contribution in [3.8, 4) is 0 Å². The molecule has 1 aliphatic heterocycles. The Hall–Kier alpha value is -0.700. The van der Waals surface area contributed by atoms with Crippen molar-refractivity contribution >= 4 is 17.4 Å². The van der Waals surface area contributed by atoms with Crippen molar-refractivity contribution in [2.45, 2.75) is 25.8 Å². The third kappa shape index (κ3) is 2.64. The molecule has 0 atom stereocenters. The summed E-state index contributed by atoms with van der Waals surface area (Å²) in [6.45, 7) is 2.01. The van der Waals surface area contributed by atoms with E-state index >= 15 is 0 Å². The van der Waals surface area contributed by atoms with Crippen LogP contribution in [0.1, 0.15) is 18.5 Å². The number of aromatic nitrogens is 1. The smallest absolute Gasteiger partial charge is 0.0529 e. The molecule has 0 saturated carbocycles. The number of thioether (sulfide) groups is 1. The Bertz CT molecular complexity index is 278. The van der Waals surface area contributed by atoms with Crippen LogP contribution in [0.2, 0.25) is 0 Å². The van der Waals surface area contributed by atoms with Gasteiger partial charge in [0.05, 0.1) is 11.9 Å². The Balaban J connectivity index is 1.92. The van der Waals surface area contributed by atoms with E-state index < -0.39 is 0 Å². The van der Waals surface area contributed by atoms with Gasteiger partial charge < -0.3 is 5.32 Å². The molecule has 1 N–H and O–H groups in total. The van der Waals surface area contributed by atoms with Crippen molar-refractivity contribution in [2.24, 2.45) is 0 Å². The predicted molar refractivity (Wildman–Crippen MR) is 62.9 cm³/mol. The van der Waals surface area contributed by atoms with E-state index in [-0.39, 0.29) is 0 Å². The number of nitrogens with one attached hydrogen (secondary N) is 1. The summed E-state index contributed by atoms with van der Waals surface area (Å²) in [4.78, 5) is 4.28. The van der Waals surface area contributed by atoms with E-state index in [0.29, 0.717) is 6.04 Å². The first-order chi connectivity index (χ1) is 6.84. The molecule has 14 heavy (non-hydrogen) atoms. The van der Waals surface area contributed by atoms with Crippen LogP contribution < -0.4 is 5.32 Å². The third-order valence-corrected chi connectivity index (χ3v) is 3.55. The number of nitrogens with zero attached hydrogens (tertiary/aromatic N) is 1. The van der Waals surface area contributed by atoms with Gasteiger partial charge in [-0.3, -0.25) is 4.98 Å². The largest absolute Gasteiger partial charge is 0.381 e. The molecule has 3 heteroatoms. The summed E-state index contributed by atoms with van der Waals surface area (Å²) in [6, 6.07) is 4.82. The maximum atomic E-state index is 4.28. The summed E-state index contributed by atoms with van der Waals surface area (Å²) < 4.78 is 0. The predicted octanol–water partition coefficient (Wildman–Crippen LogP) is 2.70. The summed E-state index contributed by atoms with van der Waals surface area (Å²) >= 11 is 2.06. The van der Waals surface area contributed by atoms with Crippen LogP contribution in [0.15, 0.2) is 18.3 Å². The normalized spacial score (nSPS) is 18.1. The Morgan fingerprint density at radius 3 is 2.79 bits per heavy atom. The van der Waals surface area contributed by atoms with Crippen molar-refractivity contribution in [3.05, 3.63) is 24.0 Å². The molecular weight excluding hydrogens is 192 g/mol. The van der Waals surface area contributed by atoms with Gasteiger partial charge in [-0.15, -0.1) is 0 Å². The molecule has 0 bridgehead atoms. The van der Waals surface area contributed by atoms with Crippen molar-refractivity contribution in [1.82, 2.24) is 4.98 Å². The molecule has 1 aliphatic rings. The van der Waals surface area contributed by atoms with Gasteiger partial charge in [0.25, 0.3) is 0 Å². The van der Waals surface area contributed by atoms with E-state index in [1.54, 1.807) is 0 Å². The van der Waals surface area contributed by atoms with Gasteiger partial charge in [-0.05, 0) is 43.4 Å². The van der Waals surface area contributed by atoms with Crippen molar-refractivity contribution in [3.63, 3.8) is 0 Å². The molecule has 1 aromatic heterocycles. The molecule has 2 rings (SSSR count). The van der Waals surface area contributed by atoms with Crippen molar-refractivity contribution in [1.29, 1.82) is 0 Å². The highest BCUT2D eigenvalue weighted by atomic mass is 32.2. The van der Waals surface area contributed by atoms with E-state index in [4.69, 9.17) is 0 Å². The van der Waals surface area contributed by atoms with Gasteiger partial charge in [0.2, 0.25) is 0 Å². The van der Waals surface area contributed by atoms with Crippen molar-refractivity contribution in [2.75, 3.05) is 16.8 Å². The van der Waals surface area contributed by atoms with Crippen LogP contribution in [0.4, 0.5) is 5.69 Å². The SMILES string of the molecule is Cc1ccc(NC2CCSCC2)cn1. The second-order valence-electron chi connectivity index (χ2n) is 3.72. The van der Waals surface area contributed by atoms with Crippen molar-refractivity contribution < 1.29 is 0 Å². The molecular formula is C11H16N2S. The minimum absolute atomic E-state index is 0.653. The summed E-state index contributed by atoms with van der Waals surface area (Å²) in [5.74, 6) is 2.58. The lowest BCUT2D eigenvalue weighted by Gasteiger charge is -2.23. The second kappa shape index (κ2) is 4.69. The highest BCUT2D eigenvalue weighted by Crippen LogP contribution is 2.20. The molecule has 1 fully saturated rings. The summed E-state index contributed by atoms with van der Waals surface area (Å²) in [5, 5.41) is 3.53. The number of aryl methyl sites for hydroxylation is 1. The van der Waals surface area contributed by atoms with Gasteiger partial charge in [-0.2, -0.15) is 11.8 Å². The quantitative estimate of drug-likeness (QED) is 0.809. The number of rotatable bonds is 2. The molecule has 0 aliphatic carbocycles. The summed E-state index contributed by atoms with van der Waals surface area (Å²) in [5.41, 5.74) is 2.24. The fourth-order valence-electron chi connectivity index (χ4n) is 1.63. The Morgan fingerprint density at radius 2 is 2.14 bits per heavy atom. The average Bonchev–Trinajstić information content (AvgIpc) is 2.23. The number of hydrogen-bond acceptors (Lipinski definition) is 3. The van der Waals surface area contributed by atoms with Crippen LogP contribution in [0.5, 0.6) is 0 Å². The molecule has 0 amide bonds. The van der Waals surface area contributed by atoms with Gasteiger partial charge in [-0.1, -0.05) is 0 Å². The molecule has 0 spiro atoms. The lowest BCUT2D eigenvalue weighted by molar-refractivity contribution is 0.666. The molecule has 2 nitrogen and oxygen atoms in total. The van der Waals surface area contributed by atoms with Crippen LogP contribution in [-0.4, -0.2) is 22.5 Å². The third-order valence-electron chi connectivity index (χ3n) is 2.50. The van der Waals surface area contributed by atoms with Gasteiger partial charge in [0.1, 0.15) is 0 Å². The van der Waals surface area contributed by atoms with Crippen LogP contribution >= 0.6 is 11.8 Å². The molecule has 1 aromatic rings. The Labute approximate surface area is 89.5 Å². The number of hydrogen-bond donors (Lipinski definition) is 1. The minimum Gasteiger partial charge on any atom is -0.381 e. The maximum Gasteiger partial charge on any atom is 0.0529 e. The Morgan fingerprint density at radius 1 is 1.36 bits per heavy atom. The summed E-state index contributed by atoms with van der Waals surface area (Å²) in [7, 11) is 0. The first-order valence-electron chi connectivity index (χ1n) is 5.11. The maximum absolute atomic E-state index is 4.28. The summed E-state index contributed by atoms with van der Waals surface area (Å²) in [6.07, 6.45) is 4.48. The second-order valence-corrected chi connectivity index (χ2v) is 4.94. The Kier molecular flexibility index (Phi) is 3.30. The highest BCUT2D eigenvalue weighted by Gasteiger charge is 2.12. The van der Waals surface area contributed by atoms with E-state index in [1.807, 2.05) is 13.1 Å². The van der Waals surface area contributed by atoms with Crippen LogP contribution in [-0.2, 0) is 0 Å². The lowest BCUT2D eigenvalue weighted by Crippen LogP contribution is -2.24. The van der Waals surface area contributed by atoms with Gasteiger partial charge in [0, 0.05) is 11.7 Å². The van der Waals surface area contributed by atoms with E-state index in [0.717, 1.165) is 11.4 Å². The molecule has 0 radical (unpaired) electrons. The monoisotopic (exact) mass is 208 g/mol. The number of anilines is 1. The van der Waals surface area contributed by atoms with E-state index in [2.05, 4.69) is 34.2 Å². The van der Waals surface area contributed by atoms with E-state index in [9.17, 15) is 0 Å². The standard InChI is InChI=1S/C11H16N2S/c1-9-2-3-11(8-12-9)13-10-4-6-14-7-5-10/h2-3,8,10,13H,4-7H2,1H3. The lowest BCUT2D eigenvalue weighted by atomic mass is 10.1. The molecule has 0 unspecified atom stereocenters. The van der Waals surface area contributed by atoms with E-state index in [1.165, 1.54) is 24.3 Å². The first kappa shape index (κ1) is 9.84. The fraction of sp³-hybridized carbons (Fsp3) is 0.545. The van der Waals surface area contributed by atoms with Crippen LogP contribution in [0, 0.1) is 6.92 Å². The average molecular weight is 208 g/mol. The molecule has 0 aromatic carbocycles.